The molecule has 0 aliphatic carbocycles. The van der Waals surface area contributed by atoms with Gasteiger partial charge in [0.2, 0.25) is 0 Å². The van der Waals surface area contributed by atoms with Gasteiger partial charge in [0.1, 0.15) is 12.7 Å². The van der Waals surface area contributed by atoms with E-state index in [4.69, 9.17) is 19.1 Å². The molecule has 0 heterocycles. The summed E-state index contributed by atoms with van der Waals surface area (Å²) < 4.78 is 32.6. The molecular formula is C41H75O10P. The van der Waals surface area contributed by atoms with Crippen LogP contribution in [0.2, 0.25) is 0 Å². The Morgan fingerprint density at radius 1 is 0.577 bits per heavy atom. The minimum Gasteiger partial charge on any atom is -0.462 e. The fraction of sp³-hybridized carbons (Fsp3) is 0.805. The van der Waals surface area contributed by atoms with Crippen LogP contribution in [0.3, 0.4) is 0 Å². The van der Waals surface area contributed by atoms with Gasteiger partial charge >= 0.3 is 19.8 Å². The summed E-state index contributed by atoms with van der Waals surface area (Å²) in [4.78, 5) is 34.9. The summed E-state index contributed by atoms with van der Waals surface area (Å²) in [5.74, 6) is -0.951. The lowest BCUT2D eigenvalue weighted by atomic mass is 10.1. The first kappa shape index (κ1) is 50.2. The number of unbranched alkanes of at least 4 members (excludes halogenated alkanes) is 18. The number of hydrogen-bond donors (Lipinski definition) is 3. The van der Waals surface area contributed by atoms with E-state index in [1.54, 1.807) is 0 Å². The summed E-state index contributed by atoms with van der Waals surface area (Å²) in [7, 11) is -4.62. The SMILES string of the molecule is CCCC/C=C\C/C=C\CCCCCCCC(=O)OC[C@H](COP(=O)(O)OC[C@@H](O)CO)OC(=O)CCCCCCC/C=C\CCCCCCCC. The van der Waals surface area contributed by atoms with Gasteiger partial charge in [-0.1, -0.05) is 134 Å². The summed E-state index contributed by atoms with van der Waals surface area (Å²) in [6.45, 7) is 2.30. The minimum atomic E-state index is -4.62. The first-order valence-electron chi connectivity index (χ1n) is 20.4. The fourth-order valence-corrected chi connectivity index (χ4v) is 6.09. The predicted octanol–water partition coefficient (Wildman–Crippen LogP) is 10.4. The van der Waals surface area contributed by atoms with Gasteiger partial charge in [0.05, 0.1) is 19.8 Å². The van der Waals surface area contributed by atoms with Crippen LogP contribution < -0.4 is 0 Å². The quantitative estimate of drug-likeness (QED) is 0.0240. The number of phosphoric acid groups is 1. The molecule has 0 amide bonds. The highest BCUT2D eigenvalue weighted by molar-refractivity contribution is 7.47. The van der Waals surface area contributed by atoms with Gasteiger partial charge in [-0.25, -0.2) is 4.57 Å². The van der Waals surface area contributed by atoms with Crippen LogP contribution in [-0.4, -0.2) is 65.7 Å². The molecule has 0 aliphatic heterocycles. The molecule has 0 aromatic rings. The highest BCUT2D eigenvalue weighted by Gasteiger charge is 2.27. The van der Waals surface area contributed by atoms with Crippen LogP contribution >= 0.6 is 7.82 Å². The van der Waals surface area contributed by atoms with Gasteiger partial charge in [-0.3, -0.25) is 18.6 Å². The minimum absolute atomic E-state index is 0.171. The Balaban J connectivity index is 4.37. The number of aliphatic hydroxyl groups is 2. The second-order valence-corrected chi connectivity index (χ2v) is 15.1. The van der Waals surface area contributed by atoms with Gasteiger partial charge in [0.15, 0.2) is 6.10 Å². The highest BCUT2D eigenvalue weighted by Crippen LogP contribution is 2.43. The van der Waals surface area contributed by atoms with Crippen molar-refractivity contribution >= 4 is 19.8 Å². The van der Waals surface area contributed by atoms with E-state index in [9.17, 15) is 24.2 Å². The normalized spacial score (nSPS) is 14.3. The number of ether oxygens (including phenoxy) is 2. The predicted molar refractivity (Wildman–Crippen MR) is 210 cm³/mol. The Labute approximate surface area is 316 Å². The van der Waals surface area contributed by atoms with Crippen LogP contribution in [-0.2, 0) is 32.7 Å². The van der Waals surface area contributed by atoms with Crippen molar-refractivity contribution in [3.63, 3.8) is 0 Å². The molecule has 0 aromatic carbocycles. The number of allylic oxidation sites excluding steroid dienone is 6. The number of esters is 2. The van der Waals surface area contributed by atoms with Crippen molar-refractivity contribution in [1.82, 2.24) is 0 Å². The van der Waals surface area contributed by atoms with Crippen LogP contribution in [0.15, 0.2) is 36.5 Å². The monoisotopic (exact) mass is 759 g/mol. The molecule has 0 saturated carbocycles. The standard InChI is InChI=1S/C41H75O10P/c1-3-5-7-9-11-13-15-17-19-21-23-25-27-29-31-33-41(45)51-39(37-50-52(46,47)49-35-38(43)34-42)36-48-40(44)32-30-28-26-24-22-20-18-16-14-12-10-8-6-4-2/h10,12,16-19,38-39,42-43H,3-9,11,13-15,20-37H2,1-2H3,(H,46,47)/b12-10-,18-16-,19-17-/t38-,39+/m0/s1. The van der Waals surface area contributed by atoms with Gasteiger partial charge < -0.3 is 24.6 Å². The lowest BCUT2D eigenvalue weighted by molar-refractivity contribution is -0.161. The van der Waals surface area contributed by atoms with Crippen LogP contribution in [0.25, 0.3) is 0 Å². The summed E-state index contributed by atoms with van der Waals surface area (Å²) in [6.07, 6.45) is 36.8. The number of aliphatic hydroxyl groups excluding tert-OH is 2. The first-order chi connectivity index (χ1) is 25.2. The summed E-state index contributed by atoms with van der Waals surface area (Å²) >= 11 is 0. The molecule has 11 heteroatoms. The van der Waals surface area contributed by atoms with Crippen LogP contribution in [0.4, 0.5) is 0 Å². The molecule has 0 radical (unpaired) electrons. The zero-order valence-electron chi connectivity index (χ0n) is 32.8. The van der Waals surface area contributed by atoms with Crippen molar-refractivity contribution in [2.75, 3.05) is 26.4 Å². The largest absolute Gasteiger partial charge is 0.472 e. The molecule has 10 nitrogen and oxygen atoms in total. The summed E-state index contributed by atoms with van der Waals surface area (Å²) in [6, 6.07) is 0. The lowest BCUT2D eigenvalue weighted by Crippen LogP contribution is -2.29. The maximum atomic E-state index is 12.6. The first-order valence-corrected chi connectivity index (χ1v) is 21.9. The molecule has 0 saturated heterocycles. The third-order valence-corrected chi connectivity index (χ3v) is 9.47. The van der Waals surface area contributed by atoms with E-state index in [2.05, 4.69) is 54.8 Å². The van der Waals surface area contributed by atoms with E-state index in [0.717, 1.165) is 83.5 Å². The van der Waals surface area contributed by atoms with Crippen LogP contribution in [0.1, 0.15) is 174 Å². The number of rotatable bonds is 38. The maximum absolute atomic E-state index is 12.6. The Hall–Kier alpha value is -1.81. The molecule has 3 atom stereocenters. The smallest absolute Gasteiger partial charge is 0.462 e. The van der Waals surface area contributed by atoms with Crippen molar-refractivity contribution in [1.29, 1.82) is 0 Å². The third-order valence-electron chi connectivity index (χ3n) is 8.52. The third kappa shape index (κ3) is 36.5. The van der Waals surface area contributed by atoms with Crippen molar-refractivity contribution in [2.24, 2.45) is 0 Å². The molecular weight excluding hydrogens is 683 g/mol. The van der Waals surface area contributed by atoms with Gasteiger partial charge in [-0.05, 0) is 64.2 Å². The number of carbonyl (C=O) groups excluding carboxylic acids is 2. The highest BCUT2D eigenvalue weighted by atomic mass is 31.2. The van der Waals surface area contributed by atoms with Gasteiger partial charge in [-0.2, -0.15) is 0 Å². The number of hydrogen-bond acceptors (Lipinski definition) is 9. The molecule has 0 rings (SSSR count). The van der Waals surface area contributed by atoms with Crippen molar-refractivity contribution in [3.8, 4) is 0 Å². The molecule has 52 heavy (non-hydrogen) atoms. The van der Waals surface area contributed by atoms with Gasteiger partial charge in [0.25, 0.3) is 0 Å². The number of phosphoric ester groups is 1. The average Bonchev–Trinajstić information content (AvgIpc) is 3.13. The second kappa shape index (κ2) is 37.5. The van der Waals surface area contributed by atoms with Crippen molar-refractivity contribution < 1.29 is 47.8 Å². The zero-order chi connectivity index (χ0) is 38.4. The molecule has 1 unspecified atom stereocenters. The molecule has 3 N–H and O–H groups in total. The van der Waals surface area contributed by atoms with E-state index in [1.807, 2.05) is 0 Å². The summed E-state index contributed by atoms with van der Waals surface area (Å²) in [5, 5.41) is 18.3. The molecule has 0 spiro atoms. The van der Waals surface area contributed by atoms with E-state index in [-0.39, 0.29) is 19.4 Å². The fourth-order valence-electron chi connectivity index (χ4n) is 5.30. The lowest BCUT2D eigenvalue weighted by Gasteiger charge is -2.20. The summed E-state index contributed by atoms with van der Waals surface area (Å²) in [5.41, 5.74) is 0. The van der Waals surface area contributed by atoms with Gasteiger partial charge in [-0.15, -0.1) is 0 Å². The topological polar surface area (TPSA) is 149 Å². The number of carbonyl (C=O) groups is 2. The molecule has 0 fully saturated rings. The second-order valence-electron chi connectivity index (χ2n) is 13.7. The zero-order valence-corrected chi connectivity index (χ0v) is 33.7. The van der Waals surface area contributed by atoms with Crippen LogP contribution in [0, 0.1) is 0 Å². The van der Waals surface area contributed by atoms with Crippen LogP contribution in [0.5, 0.6) is 0 Å². The Kier molecular flexibility index (Phi) is 36.2. The van der Waals surface area contributed by atoms with E-state index < -0.39 is 51.8 Å². The maximum Gasteiger partial charge on any atom is 0.472 e. The van der Waals surface area contributed by atoms with E-state index in [0.29, 0.717) is 12.8 Å². The van der Waals surface area contributed by atoms with Crippen molar-refractivity contribution in [3.05, 3.63) is 36.5 Å². The Morgan fingerprint density at radius 2 is 1.02 bits per heavy atom. The molecule has 0 aliphatic rings. The molecule has 0 bridgehead atoms. The molecule has 0 aromatic heterocycles. The van der Waals surface area contributed by atoms with E-state index >= 15 is 0 Å². The van der Waals surface area contributed by atoms with Crippen molar-refractivity contribution in [2.45, 2.75) is 187 Å². The van der Waals surface area contributed by atoms with E-state index in [1.165, 1.54) is 51.4 Å². The Morgan fingerprint density at radius 3 is 1.56 bits per heavy atom. The average molecular weight is 759 g/mol. The molecule has 304 valence electrons. The Bertz CT molecular complexity index is 967. The van der Waals surface area contributed by atoms with Gasteiger partial charge in [0, 0.05) is 12.8 Å².